The van der Waals surface area contributed by atoms with Crippen LogP contribution in [0.3, 0.4) is 0 Å². The Kier molecular flexibility index (Phi) is 4.18. The first-order valence-electron chi connectivity index (χ1n) is 7.77. The van der Waals surface area contributed by atoms with E-state index in [0.29, 0.717) is 6.04 Å². The van der Waals surface area contributed by atoms with E-state index in [4.69, 9.17) is 0 Å². The minimum atomic E-state index is 0.594. The van der Waals surface area contributed by atoms with E-state index in [0.717, 1.165) is 5.92 Å². The third-order valence-corrected chi connectivity index (χ3v) is 4.77. The SMILES string of the molecule is Cn1nccc1C1CCCCN1CC1CCNCC1. The number of aryl methyl sites for hydroxylation is 1. The molecule has 2 aliphatic rings. The lowest BCUT2D eigenvalue weighted by atomic mass is 9.93. The number of hydrogen-bond donors (Lipinski definition) is 1. The van der Waals surface area contributed by atoms with Gasteiger partial charge < -0.3 is 5.32 Å². The third kappa shape index (κ3) is 3.00. The molecule has 0 amide bonds. The maximum atomic E-state index is 4.35. The molecule has 1 aromatic rings. The number of aromatic nitrogens is 2. The summed E-state index contributed by atoms with van der Waals surface area (Å²) in [4.78, 5) is 2.72. The van der Waals surface area contributed by atoms with E-state index in [1.54, 1.807) is 0 Å². The van der Waals surface area contributed by atoms with Crippen LogP contribution in [-0.4, -0.2) is 40.9 Å². The van der Waals surface area contributed by atoms with Gasteiger partial charge in [-0.2, -0.15) is 5.10 Å². The Balaban J connectivity index is 1.68. The molecule has 2 aliphatic heterocycles. The molecule has 1 N–H and O–H groups in total. The average molecular weight is 262 g/mol. The third-order valence-electron chi connectivity index (χ3n) is 4.77. The lowest BCUT2D eigenvalue weighted by Crippen LogP contribution is -2.40. The summed E-state index contributed by atoms with van der Waals surface area (Å²) >= 11 is 0. The molecule has 3 heterocycles. The first kappa shape index (κ1) is 13.1. The summed E-state index contributed by atoms with van der Waals surface area (Å²) in [6.07, 6.45) is 8.64. The van der Waals surface area contributed by atoms with Crippen molar-refractivity contribution < 1.29 is 0 Å². The van der Waals surface area contributed by atoms with Crippen molar-refractivity contribution in [3.05, 3.63) is 18.0 Å². The lowest BCUT2D eigenvalue weighted by Gasteiger charge is -2.38. The molecule has 4 heteroatoms. The van der Waals surface area contributed by atoms with Crippen LogP contribution in [0.15, 0.2) is 12.3 Å². The molecule has 2 fully saturated rings. The van der Waals surface area contributed by atoms with E-state index in [-0.39, 0.29) is 0 Å². The van der Waals surface area contributed by atoms with Crippen LogP contribution < -0.4 is 5.32 Å². The van der Waals surface area contributed by atoms with E-state index in [1.165, 1.54) is 64.0 Å². The van der Waals surface area contributed by atoms with Gasteiger partial charge in [0.05, 0.1) is 11.7 Å². The normalized spacial score (nSPS) is 26.7. The second kappa shape index (κ2) is 6.06. The van der Waals surface area contributed by atoms with Crippen molar-refractivity contribution in [3.63, 3.8) is 0 Å². The fourth-order valence-corrected chi connectivity index (χ4v) is 3.65. The molecule has 0 aliphatic carbocycles. The molecule has 0 saturated carbocycles. The van der Waals surface area contributed by atoms with Crippen LogP contribution >= 0.6 is 0 Å². The van der Waals surface area contributed by atoms with Gasteiger partial charge in [-0.25, -0.2) is 0 Å². The van der Waals surface area contributed by atoms with Gasteiger partial charge in [-0.15, -0.1) is 0 Å². The molecule has 4 nitrogen and oxygen atoms in total. The summed E-state index contributed by atoms with van der Waals surface area (Å²) in [6, 6.07) is 2.79. The summed E-state index contributed by atoms with van der Waals surface area (Å²) in [6.45, 7) is 4.95. The van der Waals surface area contributed by atoms with Crippen molar-refractivity contribution in [1.29, 1.82) is 0 Å². The van der Waals surface area contributed by atoms with Crippen molar-refractivity contribution >= 4 is 0 Å². The first-order chi connectivity index (χ1) is 9.34. The van der Waals surface area contributed by atoms with E-state index >= 15 is 0 Å². The number of nitrogens with one attached hydrogen (secondary N) is 1. The standard InChI is InChI=1S/C15H26N4/c1-18-14(7-10-17-18)15-4-2-3-11-19(15)12-13-5-8-16-9-6-13/h7,10,13,15-16H,2-6,8-9,11-12H2,1H3. The predicted molar refractivity (Wildman–Crippen MR) is 77.0 cm³/mol. The molecule has 0 bridgehead atoms. The van der Waals surface area contributed by atoms with Crippen LogP contribution in [0, 0.1) is 5.92 Å². The lowest BCUT2D eigenvalue weighted by molar-refractivity contribution is 0.110. The van der Waals surface area contributed by atoms with Crippen molar-refractivity contribution in [2.75, 3.05) is 26.2 Å². The van der Waals surface area contributed by atoms with Gasteiger partial charge in [0.2, 0.25) is 0 Å². The Morgan fingerprint density at radius 1 is 1.26 bits per heavy atom. The van der Waals surface area contributed by atoms with Gasteiger partial charge in [0.1, 0.15) is 0 Å². The largest absolute Gasteiger partial charge is 0.317 e. The number of rotatable bonds is 3. The molecule has 2 saturated heterocycles. The quantitative estimate of drug-likeness (QED) is 0.904. The van der Waals surface area contributed by atoms with Crippen LogP contribution in [0.5, 0.6) is 0 Å². The average Bonchev–Trinajstić information content (AvgIpc) is 2.87. The van der Waals surface area contributed by atoms with Gasteiger partial charge in [0.25, 0.3) is 0 Å². The molecule has 1 atom stereocenters. The highest BCUT2D eigenvalue weighted by atomic mass is 15.3. The Morgan fingerprint density at radius 2 is 2.11 bits per heavy atom. The maximum absolute atomic E-state index is 4.35. The zero-order valence-corrected chi connectivity index (χ0v) is 12.0. The zero-order valence-electron chi connectivity index (χ0n) is 12.0. The molecular weight excluding hydrogens is 236 g/mol. The summed E-state index contributed by atoms with van der Waals surface area (Å²) in [5.74, 6) is 0.884. The van der Waals surface area contributed by atoms with Gasteiger partial charge in [0.15, 0.2) is 0 Å². The Hall–Kier alpha value is -0.870. The highest BCUT2D eigenvalue weighted by molar-refractivity contribution is 5.08. The molecule has 1 unspecified atom stereocenters. The molecule has 3 rings (SSSR count). The van der Waals surface area contributed by atoms with Crippen molar-refractivity contribution in [3.8, 4) is 0 Å². The molecule has 0 spiro atoms. The fourth-order valence-electron chi connectivity index (χ4n) is 3.65. The van der Waals surface area contributed by atoms with Crippen LogP contribution in [-0.2, 0) is 7.05 Å². The molecule has 106 valence electrons. The highest BCUT2D eigenvalue weighted by Gasteiger charge is 2.28. The first-order valence-corrected chi connectivity index (χ1v) is 7.77. The molecule has 0 radical (unpaired) electrons. The Bertz CT molecular complexity index is 395. The highest BCUT2D eigenvalue weighted by Crippen LogP contribution is 2.32. The van der Waals surface area contributed by atoms with Gasteiger partial charge in [-0.1, -0.05) is 6.42 Å². The number of hydrogen-bond acceptors (Lipinski definition) is 3. The molecule has 19 heavy (non-hydrogen) atoms. The molecule has 1 aromatic heterocycles. The van der Waals surface area contributed by atoms with Gasteiger partial charge >= 0.3 is 0 Å². The monoisotopic (exact) mass is 262 g/mol. The minimum absolute atomic E-state index is 0.594. The van der Waals surface area contributed by atoms with Gasteiger partial charge in [0, 0.05) is 19.8 Å². The second-order valence-corrected chi connectivity index (χ2v) is 6.08. The number of piperidine rings is 2. The molecule has 0 aromatic carbocycles. The Labute approximate surface area is 116 Å². The van der Waals surface area contributed by atoms with E-state index in [1.807, 2.05) is 6.20 Å². The summed E-state index contributed by atoms with van der Waals surface area (Å²) in [5.41, 5.74) is 1.40. The molecular formula is C15H26N4. The van der Waals surface area contributed by atoms with E-state index < -0.39 is 0 Å². The van der Waals surface area contributed by atoms with Crippen molar-refractivity contribution in [2.24, 2.45) is 13.0 Å². The minimum Gasteiger partial charge on any atom is -0.317 e. The topological polar surface area (TPSA) is 33.1 Å². The zero-order chi connectivity index (χ0) is 13.1. The number of nitrogens with zero attached hydrogens (tertiary/aromatic N) is 3. The van der Waals surface area contributed by atoms with E-state index in [9.17, 15) is 0 Å². The summed E-state index contributed by atoms with van der Waals surface area (Å²) in [7, 11) is 2.08. The van der Waals surface area contributed by atoms with Crippen LogP contribution in [0.25, 0.3) is 0 Å². The van der Waals surface area contributed by atoms with Crippen LogP contribution in [0.4, 0.5) is 0 Å². The van der Waals surface area contributed by atoms with Gasteiger partial charge in [-0.05, 0) is 57.3 Å². The maximum Gasteiger partial charge on any atom is 0.0552 e. The smallest absolute Gasteiger partial charge is 0.0552 e. The summed E-state index contributed by atoms with van der Waals surface area (Å²) < 4.78 is 2.06. The number of likely N-dealkylation sites (tertiary alicyclic amines) is 1. The van der Waals surface area contributed by atoms with E-state index in [2.05, 4.69) is 33.1 Å². The van der Waals surface area contributed by atoms with Crippen LogP contribution in [0.2, 0.25) is 0 Å². The summed E-state index contributed by atoms with van der Waals surface area (Å²) in [5, 5.41) is 7.82. The van der Waals surface area contributed by atoms with Crippen LogP contribution in [0.1, 0.15) is 43.8 Å². The van der Waals surface area contributed by atoms with Crippen molar-refractivity contribution in [1.82, 2.24) is 20.0 Å². The Morgan fingerprint density at radius 3 is 2.84 bits per heavy atom. The van der Waals surface area contributed by atoms with Gasteiger partial charge in [-0.3, -0.25) is 9.58 Å². The predicted octanol–water partition coefficient (Wildman–Crippen LogP) is 1.95. The second-order valence-electron chi connectivity index (χ2n) is 6.08. The fraction of sp³-hybridized carbons (Fsp3) is 0.800. The van der Waals surface area contributed by atoms with Crippen molar-refractivity contribution in [2.45, 2.75) is 38.1 Å².